The van der Waals surface area contributed by atoms with Crippen LogP contribution in [-0.2, 0) is 6.54 Å². The maximum absolute atomic E-state index is 4.67. The van der Waals surface area contributed by atoms with Gasteiger partial charge in [-0.15, -0.1) is 0 Å². The maximum Gasteiger partial charge on any atom is 0.180 e. The number of rotatable bonds is 5. The van der Waals surface area contributed by atoms with Crippen molar-refractivity contribution in [3.05, 3.63) is 48.7 Å². The van der Waals surface area contributed by atoms with Crippen molar-refractivity contribution in [3.8, 4) is 0 Å². The highest BCUT2D eigenvalue weighted by Gasteiger charge is 2.12. The molecule has 0 aliphatic heterocycles. The number of hydrogen-bond donors (Lipinski definition) is 1. The molecule has 0 aliphatic carbocycles. The number of hydrogen-bond acceptors (Lipinski definition) is 5. The highest BCUT2D eigenvalue weighted by molar-refractivity contribution is 5.66. The second-order valence-electron chi connectivity index (χ2n) is 4.85. The molecule has 1 N–H and O–H groups in total. The zero-order chi connectivity index (χ0) is 14.7. The Bertz CT molecular complexity index is 721. The third kappa shape index (κ3) is 2.79. The fourth-order valence-electron chi connectivity index (χ4n) is 2.27. The number of aromatic nitrogens is 4. The minimum Gasteiger partial charge on any atom is -0.369 e. The lowest BCUT2D eigenvalue weighted by atomic mass is 10.2. The summed E-state index contributed by atoms with van der Waals surface area (Å²) in [6.07, 6.45) is 9.28. The van der Waals surface area contributed by atoms with Crippen molar-refractivity contribution in [2.45, 2.75) is 13.5 Å². The number of fused-ring (bicyclic) bond motifs is 1. The quantitative estimate of drug-likeness (QED) is 0.777. The van der Waals surface area contributed by atoms with Crippen LogP contribution in [-0.4, -0.2) is 32.9 Å². The molecule has 0 aliphatic rings. The van der Waals surface area contributed by atoms with Gasteiger partial charge in [-0.05, 0) is 24.6 Å². The fraction of sp³-hybridized carbons (Fsp3) is 0.267. The number of nitrogens with one attached hydrogen (secondary N) is 1. The van der Waals surface area contributed by atoms with Crippen LogP contribution in [0.2, 0.25) is 0 Å². The first-order valence-corrected chi connectivity index (χ1v) is 6.95. The first-order valence-electron chi connectivity index (χ1n) is 6.95. The molecule has 0 saturated carbocycles. The van der Waals surface area contributed by atoms with Gasteiger partial charge < -0.3 is 14.6 Å². The van der Waals surface area contributed by atoms with Gasteiger partial charge in [0.2, 0.25) is 0 Å². The van der Waals surface area contributed by atoms with Gasteiger partial charge in [0.1, 0.15) is 5.82 Å². The van der Waals surface area contributed by atoms with Crippen molar-refractivity contribution in [2.24, 2.45) is 0 Å². The van der Waals surface area contributed by atoms with Gasteiger partial charge in [-0.2, -0.15) is 0 Å². The summed E-state index contributed by atoms with van der Waals surface area (Å²) in [5, 5.41) is 3.25. The molecule has 0 amide bonds. The molecule has 3 aromatic heterocycles. The molecule has 3 aromatic rings. The molecule has 0 saturated heterocycles. The monoisotopic (exact) mass is 282 g/mol. The van der Waals surface area contributed by atoms with E-state index in [2.05, 4.69) is 32.1 Å². The molecular formula is C15H18N6. The van der Waals surface area contributed by atoms with Gasteiger partial charge in [0.15, 0.2) is 11.5 Å². The average molecular weight is 282 g/mol. The van der Waals surface area contributed by atoms with Crippen molar-refractivity contribution >= 4 is 17.3 Å². The third-order valence-electron chi connectivity index (χ3n) is 3.24. The summed E-state index contributed by atoms with van der Waals surface area (Å²) in [5.41, 5.74) is 2.04. The van der Waals surface area contributed by atoms with Gasteiger partial charge in [-0.3, -0.25) is 4.98 Å². The first kappa shape index (κ1) is 13.4. The fourth-order valence-corrected chi connectivity index (χ4v) is 2.27. The van der Waals surface area contributed by atoms with E-state index in [0.29, 0.717) is 0 Å². The molecule has 0 fully saturated rings. The zero-order valence-electron chi connectivity index (χ0n) is 12.2. The van der Waals surface area contributed by atoms with E-state index in [1.54, 1.807) is 18.6 Å². The highest BCUT2D eigenvalue weighted by atomic mass is 15.2. The summed E-state index contributed by atoms with van der Waals surface area (Å²) in [7, 11) is 2.02. The molecule has 6 nitrogen and oxygen atoms in total. The normalized spacial score (nSPS) is 10.8. The van der Waals surface area contributed by atoms with Gasteiger partial charge >= 0.3 is 0 Å². The summed E-state index contributed by atoms with van der Waals surface area (Å²) in [4.78, 5) is 15.2. The van der Waals surface area contributed by atoms with Crippen molar-refractivity contribution in [1.29, 1.82) is 0 Å². The van der Waals surface area contributed by atoms with Crippen LogP contribution < -0.4 is 10.2 Å². The zero-order valence-corrected chi connectivity index (χ0v) is 12.2. The minimum atomic E-state index is 0.758. The molecule has 6 heteroatoms. The second kappa shape index (κ2) is 5.78. The predicted molar refractivity (Wildman–Crippen MR) is 83.5 cm³/mol. The molecule has 0 atom stereocenters. The first-order chi connectivity index (χ1) is 10.3. The molecule has 3 rings (SSSR count). The van der Waals surface area contributed by atoms with E-state index in [1.165, 1.54) is 5.56 Å². The Hall–Kier alpha value is -2.63. The van der Waals surface area contributed by atoms with Crippen molar-refractivity contribution < 1.29 is 0 Å². The number of pyridine rings is 1. The Morgan fingerprint density at radius 3 is 2.81 bits per heavy atom. The van der Waals surface area contributed by atoms with Crippen LogP contribution in [0.3, 0.4) is 0 Å². The number of imidazole rings is 1. The molecule has 3 heterocycles. The van der Waals surface area contributed by atoms with E-state index in [1.807, 2.05) is 36.0 Å². The lowest BCUT2D eigenvalue weighted by Crippen LogP contribution is -2.19. The van der Waals surface area contributed by atoms with Crippen LogP contribution in [0.15, 0.2) is 43.1 Å². The molecule has 0 radical (unpaired) electrons. The van der Waals surface area contributed by atoms with E-state index in [4.69, 9.17) is 0 Å². The Balaban J connectivity index is 1.96. The van der Waals surface area contributed by atoms with Crippen LogP contribution in [0.25, 0.3) is 5.65 Å². The standard InChI is InChI=1S/C15H18N6/c1-3-17-13-11-21-9-8-18-14(21)15(19-13)20(2)10-12-4-6-16-7-5-12/h4-9,11,17H,3,10H2,1-2H3. The van der Waals surface area contributed by atoms with Crippen LogP contribution in [0.4, 0.5) is 11.6 Å². The van der Waals surface area contributed by atoms with E-state index in [9.17, 15) is 0 Å². The predicted octanol–water partition coefficient (Wildman–Crippen LogP) is 2.19. The third-order valence-corrected chi connectivity index (χ3v) is 3.24. The average Bonchev–Trinajstić information content (AvgIpc) is 2.96. The largest absolute Gasteiger partial charge is 0.369 e. The van der Waals surface area contributed by atoms with Gasteiger partial charge in [-0.1, -0.05) is 0 Å². The van der Waals surface area contributed by atoms with Crippen LogP contribution in [0, 0.1) is 0 Å². The highest BCUT2D eigenvalue weighted by Crippen LogP contribution is 2.21. The number of nitrogens with zero attached hydrogens (tertiary/aromatic N) is 5. The second-order valence-corrected chi connectivity index (χ2v) is 4.85. The SMILES string of the molecule is CCNc1cn2ccnc2c(N(C)Cc2ccncc2)n1. The summed E-state index contributed by atoms with van der Waals surface area (Å²) in [6, 6.07) is 4.01. The summed E-state index contributed by atoms with van der Waals surface area (Å²) >= 11 is 0. The van der Waals surface area contributed by atoms with Crippen molar-refractivity contribution in [2.75, 3.05) is 23.8 Å². The smallest absolute Gasteiger partial charge is 0.180 e. The topological polar surface area (TPSA) is 58.4 Å². The maximum atomic E-state index is 4.67. The van der Waals surface area contributed by atoms with E-state index in [-0.39, 0.29) is 0 Å². The molecule has 0 spiro atoms. The lowest BCUT2D eigenvalue weighted by molar-refractivity contribution is 0.889. The Labute approximate surface area is 123 Å². The minimum absolute atomic E-state index is 0.758. The van der Waals surface area contributed by atoms with Gasteiger partial charge in [0.25, 0.3) is 0 Å². The summed E-state index contributed by atoms with van der Waals surface area (Å²) in [6.45, 7) is 3.65. The Morgan fingerprint density at radius 1 is 1.24 bits per heavy atom. The van der Waals surface area contributed by atoms with Crippen LogP contribution in [0.5, 0.6) is 0 Å². The molecule has 0 aromatic carbocycles. The summed E-state index contributed by atoms with van der Waals surface area (Å²) in [5.74, 6) is 1.70. The number of anilines is 2. The van der Waals surface area contributed by atoms with Crippen molar-refractivity contribution in [1.82, 2.24) is 19.4 Å². The lowest BCUT2D eigenvalue weighted by Gasteiger charge is -2.19. The molecule has 21 heavy (non-hydrogen) atoms. The Morgan fingerprint density at radius 2 is 2.05 bits per heavy atom. The van der Waals surface area contributed by atoms with E-state index < -0.39 is 0 Å². The summed E-state index contributed by atoms with van der Waals surface area (Å²) < 4.78 is 1.99. The van der Waals surface area contributed by atoms with E-state index in [0.717, 1.165) is 30.4 Å². The van der Waals surface area contributed by atoms with Gasteiger partial charge in [0, 0.05) is 44.9 Å². The van der Waals surface area contributed by atoms with Gasteiger partial charge in [0.05, 0.1) is 6.20 Å². The van der Waals surface area contributed by atoms with Crippen LogP contribution >= 0.6 is 0 Å². The Kier molecular flexibility index (Phi) is 3.68. The molecular weight excluding hydrogens is 264 g/mol. The molecule has 0 unspecified atom stereocenters. The van der Waals surface area contributed by atoms with Crippen LogP contribution in [0.1, 0.15) is 12.5 Å². The van der Waals surface area contributed by atoms with Gasteiger partial charge in [-0.25, -0.2) is 9.97 Å². The van der Waals surface area contributed by atoms with E-state index >= 15 is 0 Å². The molecule has 108 valence electrons. The van der Waals surface area contributed by atoms with Crippen molar-refractivity contribution in [3.63, 3.8) is 0 Å². The molecule has 0 bridgehead atoms.